The van der Waals surface area contributed by atoms with Gasteiger partial charge in [-0.2, -0.15) is 0 Å². The van der Waals surface area contributed by atoms with Crippen molar-refractivity contribution in [1.82, 2.24) is 20.9 Å². The van der Waals surface area contributed by atoms with Crippen molar-refractivity contribution in [2.75, 3.05) is 32.7 Å². The molecule has 1 aliphatic rings. The van der Waals surface area contributed by atoms with E-state index in [9.17, 15) is 30.3 Å². The maximum absolute atomic E-state index is 11.4. The highest BCUT2D eigenvalue weighted by Crippen LogP contribution is 2.10. The van der Waals surface area contributed by atoms with Crippen LogP contribution in [-0.4, -0.2) is 118 Å². The average molecular weight is 407 g/mol. The molecule has 0 aromatic rings. The van der Waals surface area contributed by atoms with Gasteiger partial charge in [0.05, 0.1) is 31.0 Å². The topological polar surface area (TPSA) is 158 Å². The van der Waals surface area contributed by atoms with Gasteiger partial charge in [-0.1, -0.05) is 0 Å². The third-order valence-electron chi connectivity index (χ3n) is 5.33. The number of carboxylic acid groups (broad SMARTS) is 1. The quantitative estimate of drug-likeness (QED) is 0.231. The molecule has 0 amide bonds. The summed E-state index contributed by atoms with van der Waals surface area (Å²) < 4.78 is 0. The molecule has 1 heterocycles. The maximum Gasteiger partial charge on any atom is 0.317 e. The summed E-state index contributed by atoms with van der Waals surface area (Å²) in [6.07, 6.45) is -2.94. The number of hydrogen-bond acceptors (Lipinski definition) is 9. The first-order chi connectivity index (χ1) is 13.0. The van der Waals surface area contributed by atoms with Gasteiger partial charge < -0.3 is 41.5 Å². The lowest BCUT2D eigenvalue weighted by molar-refractivity contribution is -0.139. The first-order valence-electron chi connectivity index (χ1n) is 9.91. The van der Waals surface area contributed by atoms with Gasteiger partial charge in [0.2, 0.25) is 0 Å². The predicted molar refractivity (Wildman–Crippen MR) is 105 cm³/mol. The summed E-state index contributed by atoms with van der Waals surface area (Å²) in [5.74, 6) is -1.03. The Morgan fingerprint density at radius 2 is 1.25 bits per heavy atom. The van der Waals surface area contributed by atoms with E-state index in [0.717, 1.165) is 0 Å². The molecule has 8 N–H and O–H groups in total. The van der Waals surface area contributed by atoms with Crippen LogP contribution < -0.4 is 16.0 Å². The van der Waals surface area contributed by atoms with E-state index >= 15 is 0 Å². The fraction of sp³-hybridized carbons (Fsp3) is 0.944. The maximum atomic E-state index is 11.4. The van der Waals surface area contributed by atoms with Gasteiger partial charge in [0.1, 0.15) is 0 Å². The molecule has 0 radical (unpaired) electrons. The van der Waals surface area contributed by atoms with Gasteiger partial charge in [-0.15, -0.1) is 0 Å². The standard InChI is InChI=1S/C18H38N4O6/c1-10(23)14-6-20-16(12(3)25)8-22(9-18(27)28)17(13(4)26)7-21-15(5-19-14)11(2)24/h10-17,19-21,23-26H,5-9H2,1-4H3,(H,27,28)/t10?,11?,12?,13?,14-,15-,16-,17-/m1/s1. The van der Waals surface area contributed by atoms with Crippen molar-refractivity contribution in [1.29, 1.82) is 0 Å². The Kier molecular flexibility index (Phi) is 10.8. The van der Waals surface area contributed by atoms with Crippen LogP contribution in [0, 0.1) is 0 Å². The van der Waals surface area contributed by atoms with E-state index in [1.807, 2.05) is 0 Å². The van der Waals surface area contributed by atoms with Crippen molar-refractivity contribution in [3.8, 4) is 0 Å². The van der Waals surface area contributed by atoms with Crippen LogP contribution in [0.1, 0.15) is 27.7 Å². The minimum atomic E-state index is -1.03. The van der Waals surface area contributed by atoms with Gasteiger partial charge >= 0.3 is 5.97 Å². The molecule has 10 nitrogen and oxygen atoms in total. The first kappa shape index (κ1) is 25.2. The minimum absolute atomic E-state index is 0.201. The van der Waals surface area contributed by atoms with Crippen LogP contribution in [0.3, 0.4) is 0 Å². The second kappa shape index (κ2) is 12.0. The Labute approximate surface area is 166 Å². The van der Waals surface area contributed by atoms with Gasteiger partial charge in [-0.3, -0.25) is 9.69 Å². The summed E-state index contributed by atoms with van der Waals surface area (Å²) in [6, 6.07) is -1.63. The highest BCUT2D eigenvalue weighted by atomic mass is 16.4. The zero-order valence-corrected chi connectivity index (χ0v) is 17.2. The smallest absolute Gasteiger partial charge is 0.317 e. The van der Waals surface area contributed by atoms with Crippen molar-refractivity contribution in [2.45, 2.75) is 76.3 Å². The first-order valence-corrected chi connectivity index (χ1v) is 9.91. The third kappa shape index (κ3) is 8.26. The van der Waals surface area contributed by atoms with Gasteiger partial charge in [0, 0.05) is 50.3 Å². The Bertz CT molecular complexity index is 463. The molecular weight excluding hydrogens is 368 g/mol. The molecule has 1 rings (SSSR count). The fourth-order valence-corrected chi connectivity index (χ4v) is 3.39. The molecule has 0 aromatic heterocycles. The third-order valence-corrected chi connectivity index (χ3v) is 5.33. The molecular formula is C18H38N4O6. The van der Waals surface area contributed by atoms with E-state index in [0.29, 0.717) is 13.1 Å². The highest BCUT2D eigenvalue weighted by molar-refractivity contribution is 5.69. The SMILES string of the molecule is CC(O)[C@H]1CN[C@@H](C(C)O)CN[C@@H](C(C)O)CN[C@@H](C(C)O)CN1CC(=O)O. The Balaban J connectivity index is 3.14. The molecule has 0 aromatic carbocycles. The van der Waals surface area contributed by atoms with Crippen LogP contribution in [0.4, 0.5) is 0 Å². The number of hydrogen-bond donors (Lipinski definition) is 8. The van der Waals surface area contributed by atoms with E-state index < -0.39 is 42.5 Å². The normalized spacial score (nSPS) is 33.1. The Morgan fingerprint density at radius 1 is 0.821 bits per heavy atom. The van der Waals surface area contributed by atoms with Crippen LogP contribution in [0.2, 0.25) is 0 Å². The lowest BCUT2D eigenvalue weighted by Gasteiger charge is -2.39. The van der Waals surface area contributed by atoms with Crippen molar-refractivity contribution < 1.29 is 30.3 Å². The summed E-state index contributed by atoms with van der Waals surface area (Å²) in [5.41, 5.74) is 0. The molecule has 8 atom stereocenters. The molecule has 4 unspecified atom stereocenters. The van der Waals surface area contributed by atoms with Crippen LogP contribution in [-0.2, 0) is 4.79 Å². The number of carboxylic acids is 1. The molecule has 1 saturated heterocycles. The van der Waals surface area contributed by atoms with Crippen molar-refractivity contribution in [3.63, 3.8) is 0 Å². The molecule has 0 saturated carbocycles. The van der Waals surface area contributed by atoms with E-state index in [2.05, 4.69) is 16.0 Å². The number of carbonyl (C=O) groups is 1. The second-order valence-corrected chi connectivity index (χ2v) is 7.90. The van der Waals surface area contributed by atoms with Gasteiger partial charge in [-0.05, 0) is 27.7 Å². The second-order valence-electron chi connectivity index (χ2n) is 7.90. The molecule has 10 heteroatoms. The summed E-state index contributed by atoms with van der Waals surface area (Å²) in [5, 5.41) is 59.5. The van der Waals surface area contributed by atoms with Crippen LogP contribution in [0.5, 0.6) is 0 Å². The fourth-order valence-electron chi connectivity index (χ4n) is 3.39. The Hall–Kier alpha value is -0.850. The number of nitrogens with zero attached hydrogens (tertiary/aromatic N) is 1. The molecule has 0 bridgehead atoms. The van der Waals surface area contributed by atoms with Crippen LogP contribution in [0.15, 0.2) is 0 Å². The minimum Gasteiger partial charge on any atom is -0.480 e. The van der Waals surface area contributed by atoms with Gasteiger partial charge in [0.25, 0.3) is 0 Å². The zero-order valence-electron chi connectivity index (χ0n) is 17.2. The summed E-state index contributed by atoms with van der Waals surface area (Å²) in [6.45, 7) is 7.41. The number of aliphatic hydroxyl groups is 4. The van der Waals surface area contributed by atoms with Crippen molar-refractivity contribution >= 4 is 5.97 Å². The summed E-state index contributed by atoms with van der Waals surface area (Å²) in [4.78, 5) is 13.0. The molecule has 1 fully saturated rings. The summed E-state index contributed by atoms with van der Waals surface area (Å²) >= 11 is 0. The molecule has 0 aliphatic carbocycles. The van der Waals surface area contributed by atoms with Crippen LogP contribution in [0.25, 0.3) is 0 Å². The Morgan fingerprint density at radius 3 is 1.64 bits per heavy atom. The number of aliphatic hydroxyl groups excluding tert-OH is 4. The molecule has 1 aliphatic heterocycles. The van der Waals surface area contributed by atoms with E-state index in [4.69, 9.17) is 0 Å². The van der Waals surface area contributed by atoms with Crippen molar-refractivity contribution in [3.05, 3.63) is 0 Å². The number of rotatable bonds is 6. The van der Waals surface area contributed by atoms with E-state index in [-0.39, 0.29) is 31.7 Å². The van der Waals surface area contributed by atoms with Crippen LogP contribution >= 0.6 is 0 Å². The highest BCUT2D eigenvalue weighted by Gasteiger charge is 2.31. The predicted octanol–water partition coefficient (Wildman–Crippen LogP) is -2.85. The number of nitrogens with one attached hydrogen (secondary N) is 3. The largest absolute Gasteiger partial charge is 0.480 e. The molecule has 0 spiro atoms. The lowest BCUT2D eigenvalue weighted by atomic mass is 10.0. The summed E-state index contributed by atoms with van der Waals surface area (Å²) in [7, 11) is 0. The monoisotopic (exact) mass is 406 g/mol. The lowest BCUT2D eigenvalue weighted by Crippen LogP contribution is -2.62. The van der Waals surface area contributed by atoms with Crippen molar-refractivity contribution in [2.24, 2.45) is 0 Å². The van der Waals surface area contributed by atoms with Gasteiger partial charge in [0.15, 0.2) is 0 Å². The molecule has 28 heavy (non-hydrogen) atoms. The van der Waals surface area contributed by atoms with E-state index in [1.54, 1.807) is 32.6 Å². The molecule has 166 valence electrons. The van der Waals surface area contributed by atoms with Gasteiger partial charge in [-0.25, -0.2) is 0 Å². The average Bonchev–Trinajstić information content (AvgIpc) is 2.55. The van der Waals surface area contributed by atoms with E-state index in [1.165, 1.54) is 0 Å². The zero-order chi connectivity index (χ0) is 21.4. The number of aliphatic carboxylic acids is 1.